The van der Waals surface area contributed by atoms with Gasteiger partial charge in [0.1, 0.15) is 0 Å². The molecule has 0 radical (unpaired) electrons. The van der Waals surface area contributed by atoms with Gasteiger partial charge in [0.2, 0.25) is 0 Å². The first-order valence-electron chi connectivity index (χ1n) is 13.2. The second-order valence-corrected chi connectivity index (χ2v) is 9.98. The lowest BCUT2D eigenvalue weighted by Gasteiger charge is -2.16. The van der Waals surface area contributed by atoms with E-state index in [-0.39, 0.29) is 24.3 Å². The summed E-state index contributed by atoms with van der Waals surface area (Å²) in [5, 5.41) is 0. The Morgan fingerprint density at radius 3 is 1.65 bits per heavy atom. The van der Waals surface area contributed by atoms with Crippen LogP contribution in [0.4, 0.5) is 0 Å². The Labute approximate surface area is 193 Å². The first kappa shape index (κ1) is 29.9. The van der Waals surface area contributed by atoms with E-state index in [0.29, 0.717) is 13.2 Å². The largest absolute Gasteiger partial charge is 0.466 e. The summed E-state index contributed by atoms with van der Waals surface area (Å²) in [6.45, 7) is 12.0. The van der Waals surface area contributed by atoms with E-state index in [1.165, 1.54) is 44.9 Å². The predicted octanol–water partition coefficient (Wildman–Crippen LogP) is 7.87. The average molecular weight is 441 g/mol. The topological polar surface area (TPSA) is 52.6 Å². The SMILES string of the molecule is CCCCCCCC(CC(=O)OCCCCCC(C)C)C(=O)OCCCCCC(C)C. The third-order valence-electron chi connectivity index (χ3n) is 5.76. The molecule has 0 N–H and O–H groups in total. The van der Waals surface area contributed by atoms with E-state index in [4.69, 9.17) is 9.47 Å². The zero-order valence-electron chi connectivity index (χ0n) is 21.4. The van der Waals surface area contributed by atoms with Crippen molar-refractivity contribution in [2.75, 3.05) is 13.2 Å². The molecule has 4 nitrogen and oxygen atoms in total. The number of ether oxygens (including phenoxy) is 2. The number of unbranched alkanes of at least 4 members (excludes halogenated alkanes) is 8. The first-order valence-corrected chi connectivity index (χ1v) is 13.2. The Bertz CT molecular complexity index is 431. The van der Waals surface area contributed by atoms with Gasteiger partial charge in [-0.15, -0.1) is 0 Å². The summed E-state index contributed by atoms with van der Waals surface area (Å²) in [5.74, 6) is 0.623. The summed E-state index contributed by atoms with van der Waals surface area (Å²) >= 11 is 0. The molecule has 0 bridgehead atoms. The normalized spacial score (nSPS) is 12.4. The molecule has 0 heterocycles. The molecule has 31 heavy (non-hydrogen) atoms. The Hall–Kier alpha value is -1.06. The summed E-state index contributed by atoms with van der Waals surface area (Å²) in [7, 11) is 0. The molecule has 0 fully saturated rings. The van der Waals surface area contributed by atoms with Crippen molar-refractivity contribution in [3.8, 4) is 0 Å². The van der Waals surface area contributed by atoms with Crippen molar-refractivity contribution < 1.29 is 19.1 Å². The lowest BCUT2D eigenvalue weighted by Crippen LogP contribution is -2.23. The first-order chi connectivity index (χ1) is 14.9. The van der Waals surface area contributed by atoms with Gasteiger partial charge < -0.3 is 9.47 Å². The monoisotopic (exact) mass is 440 g/mol. The van der Waals surface area contributed by atoms with Gasteiger partial charge in [-0.05, 0) is 31.1 Å². The van der Waals surface area contributed by atoms with Crippen molar-refractivity contribution in [3.05, 3.63) is 0 Å². The number of esters is 2. The molecule has 0 aromatic heterocycles. The van der Waals surface area contributed by atoms with Gasteiger partial charge >= 0.3 is 11.9 Å². The lowest BCUT2D eigenvalue weighted by molar-refractivity contribution is -0.155. The Morgan fingerprint density at radius 2 is 1.10 bits per heavy atom. The summed E-state index contributed by atoms with van der Waals surface area (Å²) in [6.07, 6.45) is 15.4. The molecule has 4 heteroatoms. The van der Waals surface area contributed by atoms with Crippen molar-refractivity contribution >= 4 is 11.9 Å². The zero-order chi connectivity index (χ0) is 23.3. The molecule has 0 aliphatic rings. The Kier molecular flexibility index (Phi) is 20.1. The van der Waals surface area contributed by atoms with E-state index in [0.717, 1.165) is 56.8 Å². The summed E-state index contributed by atoms with van der Waals surface area (Å²) in [4.78, 5) is 24.9. The molecule has 1 unspecified atom stereocenters. The molecule has 0 aliphatic heterocycles. The van der Waals surface area contributed by atoms with E-state index in [1.54, 1.807) is 0 Å². The fraction of sp³-hybridized carbons (Fsp3) is 0.926. The molecule has 0 saturated carbocycles. The molecule has 184 valence electrons. The standard InChI is InChI=1S/C27H52O4/c1-6-7-8-9-14-19-25(27(29)31-21-16-11-13-18-24(4)5)22-26(28)30-20-15-10-12-17-23(2)3/h23-25H,6-22H2,1-5H3. The van der Waals surface area contributed by atoms with E-state index in [9.17, 15) is 9.59 Å². The summed E-state index contributed by atoms with van der Waals surface area (Å²) in [6, 6.07) is 0. The third-order valence-corrected chi connectivity index (χ3v) is 5.76. The minimum atomic E-state index is -0.356. The van der Waals surface area contributed by atoms with Crippen LogP contribution in [0.5, 0.6) is 0 Å². The van der Waals surface area contributed by atoms with Gasteiger partial charge in [-0.1, -0.05) is 105 Å². The highest BCUT2D eigenvalue weighted by molar-refractivity contribution is 5.79. The van der Waals surface area contributed by atoms with E-state index >= 15 is 0 Å². The van der Waals surface area contributed by atoms with Gasteiger partial charge in [0.25, 0.3) is 0 Å². The third kappa shape index (κ3) is 20.6. The predicted molar refractivity (Wildman–Crippen MR) is 130 cm³/mol. The highest BCUT2D eigenvalue weighted by Crippen LogP contribution is 2.18. The highest BCUT2D eigenvalue weighted by atomic mass is 16.5. The van der Waals surface area contributed by atoms with Crippen LogP contribution in [0, 0.1) is 17.8 Å². The maximum Gasteiger partial charge on any atom is 0.309 e. The quantitative estimate of drug-likeness (QED) is 0.135. The fourth-order valence-electron chi connectivity index (χ4n) is 3.70. The highest BCUT2D eigenvalue weighted by Gasteiger charge is 2.24. The second-order valence-electron chi connectivity index (χ2n) is 9.98. The molecule has 0 saturated heterocycles. The van der Waals surface area contributed by atoms with Gasteiger partial charge in [0.15, 0.2) is 0 Å². The number of carbonyl (C=O) groups is 2. The van der Waals surface area contributed by atoms with Gasteiger partial charge in [0, 0.05) is 0 Å². The molecular weight excluding hydrogens is 388 g/mol. The van der Waals surface area contributed by atoms with Gasteiger partial charge in [-0.25, -0.2) is 0 Å². The smallest absolute Gasteiger partial charge is 0.309 e. The van der Waals surface area contributed by atoms with Crippen LogP contribution in [0.2, 0.25) is 0 Å². The van der Waals surface area contributed by atoms with Crippen molar-refractivity contribution in [1.82, 2.24) is 0 Å². The van der Waals surface area contributed by atoms with Crippen molar-refractivity contribution in [1.29, 1.82) is 0 Å². The minimum absolute atomic E-state index is 0.159. The molecular formula is C27H52O4. The molecule has 0 aromatic carbocycles. The number of hydrogen-bond acceptors (Lipinski definition) is 4. The maximum atomic E-state index is 12.6. The lowest BCUT2D eigenvalue weighted by atomic mass is 9.97. The van der Waals surface area contributed by atoms with Crippen molar-refractivity contribution in [3.63, 3.8) is 0 Å². The van der Waals surface area contributed by atoms with Gasteiger partial charge in [-0.3, -0.25) is 9.59 Å². The van der Waals surface area contributed by atoms with E-state index < -0.39 is 0 Å². The molecule has 0 spiro atoms. The maximum absolute atomic E-state index is 12.6. The van der Waals surface area contributed by atoms with E-state index in [2.05, 4.69) is 34.6 Å². The van der Waals surface area contributed by atoms with Crippen LogP contribution in [0.25, 0.3) is 0 Å². The van der Waals surface area contributed by atoms with Crippen LogP contribution < -0.4 is 0 Å². The minimum Gasteiger partial charge on any atom is -0.466 e. The fourth-order valence-corrected chi connectivity index (χ4v) is 3.70. The second kappa shape index (κ2) is 20.8. The summed E-state index contributed by atoms with van der Waals surface area (Å²) < 4.78 is 10.9. The summed E-state index contributed by atoms with van der Waals surface area (Å²) in [5.41, 5.74) is 0. The molecule has 0 amide bonds. The van der Waals surface area contributed by atoms with Crippen LogP contribution in [0.3, 0.4) is 0 Å². The number of rotatable bonds is 21. The molecule has 0 aliphatic carbocycles. The van der Waals surface area contributed by atoms with Crippen LogP contribution >= 0.6 is 0 Å². The number of hydrogen-bond donors (Lipinski definition) is 0. The van der Waals surface area contributed by atoms with Crippen molar-refractivity contribution in [2.45, 2.75) is 131 Å². The van der Waals surface area contributed by atoms with Crippen LogP contribution in [-0.4, -0.2) is 25.2 Å². The Balaban J connectivity index is 4.24. The molecule has 1 atom stereocenters. The number of carbonyl (C=O) groups excluding carboxylic acids is 2. The Morgan fingerprint density at radius 1 is 0.613 bits per heavy atom. The molecule has 0 rings (SSSR count). The zero-order valence-corrected chi connectivity index (χ0v) is 21.4. The van der Waals surface area contributed by atoms with Gasteiger partial charge in [0.05, 0.1) is 25.6 Å². The van der Waals surface area contributed by atoms with Crippen LogP contribution in [0.1, 0.15) is 131 Å². The van der Waals surface area contributed by atoms with E-state index in [1.807, 2.05) is 0 Å². The van der Waals surface area contributed by atoms with Crippen LogP contribution in [0.15, 0.2) is 0 Å². The average Bonchev–Trinajstić information content (AvgIpc) is 2.71. The van der Waals surface area contributed by atoms with Gasteiger partial charge in [-0.2, -0.15) is 0 Å². The van der Waals surface area contributed by atoms with Crippen molar-refractivity contribution in [2.24, 2.45) is 17.8 Å². The van der Waals surface area contributed by atoms with Crippen LogP contribution in [-0.2, 0) is 19.1 Å². The molecule has 0 aromatic rings.